The smallest absolute Gasteiger partial charge is 0.303 e. The molecule has 0 aliphatic heterocycles. The summed E-state index contributed by atoms with van der Waals surface area (Å²) in [6, 6.07) is 1.79. The van der Waals surface area contributed by atoms with Gasteiger partial charge in [0, 0.05) is 13.0 Å². The Kier molecular flexibility index (Phi) is 6.01. The average Bonchev–Trinajstić information content (AvgIpc) is 3.15. The van der Waals surface area contributed by atoms with Crippen LogP contribution in [0.1, 0.15) is 41.8 Å². The summed E-state index contributed by atoms with van der Waals surface area (Å²) < 4.78 is 1.46. The SMILES string of the molecule is O=C(O)CCCCCCNC(=O)c1sccc1-n1cnnn1. The van der Waals surface area contributed by atoms with E-state index in [9.17, 15) is 9.59 Å². The largest absolute Gasteiger partial charge is 0.481 e. The molecule has 1 amide bonds. The number of amides is 1. The van der Waals surface area contributed by atoms with Crippen LogP contribution in [0.3, 0.4) is 0 Å². The molecule has 0 atom stereocenters. The minimum atomic E-state index is -0.763. The molecular weight excluding hydrogens is 306 g/mol. The van der Waals surface area contributed by atoms with Gasteiger partial charge in [0.15, 0.2) is 0 Å². The minimum absolute atomic E-state index is 0.147. The van der Waals surface area contributed by atoms with E-state index in [1.807, 2.05) is 5.38 Å². The zero-order valence-electron chi connectivity index (χ0n) is 11.9. The van der Waals surface area contributed by atoms with Crippen LogP contribution in [-0.2, 0) is 4.79 Å². The molecule has 0 aliphatic carbocycles. The molecule has 0 bridgehead atoms. The number of aromatic nitrogens is 4. The van der Waals surface area contributed by atoms with Crippen LogP contribution in [0.4, 0.5) is 0 Å². The first-order valence-electron chi connectivity index (χ1n) is 6.99. The normalized spacial score (nSPS) is 10.5. The summed E-state index contributed by atoms with van der Waals surface area (Å²) in [5.74, 6) is -0.910. The van der Waals surface area contributed by atoms with Crippen molar-refractivity contribution in [1.82, 2.24) is 25.5 Å². The number of nitrogens with one attached hydrogen (secondary N) is 1. The first kappa shape index (κ1) is 16.1. The number of nitrogens with zero attached hydrogens (tertiary/aromatic N) is 4. The molecule has 0 aliphatic rings. The number of hydrogen-bond donors (Lipinski definition) is 2. The van der Waals surface area contributed by atoms with Gasteiger partial charge in [-0.1, -0.05) is 12.8 Å². The van der Waals surface area contributed by atoms with Crippen LogP contribution in [0, 0.1) is 0 Å². The fourth-order valence-electron chi connectivity index (χ4n) is 1.96. The van der Waals surface area contributed by atoms with Crippen molar-refractivity contribution in [3.8, 4) is 5.69 Å². The van der Waals surface area contributed by atoms with Crippen LogP contribution in [0.15, 0.2) is 17.8 Å². The maximum absolute atomic E-state index is 12.1. The summed E-state index contributed by atoms with van der Waals surface area (Å²) >= 11 is 1.34. The fraction of sp³-hybridized carbons (Fsp3) is 0.462. The lowest BCUT2D eigenvalue weighted by atomic mass is 10.1. The van der Waals surface area contributed by atoms with Crippen molar-refractivity contribution in [2.24, 2.45) is 0 Å². The number of carboxylic acid groups (broad SMARTS) is 1. The summed E-state index contributed by atoms with van der Waals surface area (Å²) in [5.41, 5.74) is 0.661. The lowest BCUT2D eigenvalue weighted by molar-refractivity contribution is -0.137. The molecule has 0 fully saturated rings. The predicted octanol–water partition coefficient (Wildman–Crippen LogP) is 1.49. The van der Waals surface area contributed by atoms with Gasteiger partial charge in [0.05, 0.1) is 5.69 Å². The molecule has 2 aromatic heterocycles. The summed E-state index contributed by atoms with van der Waals surface area (Å²) in [4.78, 5) is 23.1. The van der Waals surface area contributed by atoms with Gasteiger partial charge in [-0.3, -0.25) is 9.59 Å². The molecule has 0 radical (unpaired) electrons. The first-order valence-corrected chi connectivity index (χ1v) is 7.87. The molecule has 2 aromatic rings. The van der Waals surface area contributed by atoms with E-state index in [0.29, 0.717) is 23.5 Å². The van der Waals surface area contributed by atoms with Gasteiger partial charge < -0.3 is 10.4 Å². The van der Waals surface area contributed by atoms with Crippen molar-refractivity contribution < 1.29 is 14.7 Å². The Morgan fingerprint density at radius 3 is 2.82 bits per heavy atom. The minimum Gasteiger partial charge on any atom is -0.481 e. The second-order valence-electron chi connectivity index (χ2n) is 4.70. The number of carbonyl (C=O) groups is 2. The van der Waals surface area contributed by atoms with E-state index < -0.39 is 5.97 Å². The van der Waals surface area contributed by atoms with Crippen LogP contribution >= 0.6 is 11.3 Å². The zero-order valence-corrected chi connectivity index (χ0v) is 12.8. The second-order valence-corrected chi connectivity index (χ2v) is 5.62. The molecular formula is C13H17N5O3S. The summed E-state index contributed by atoms with van der Waals surface area (Å²) in [7, 11) is 0. The summed E-state index contributed by atoms with van der Waals surface area (Å²) in [5, 5.41) is 24.1. The second kappa shape index (κ2) is 8.23. The van der Waals surface area contributed by atoms with Crippen LogP contribution in [0.5, 0.6) is 0 Å². The van der Waals surface area contributed by atoms with Crippen molar-refractivity contribution >= 4 is 23.2 Å². The summed E-state index contributed by atoms with van der Waals surface area (Å²) in [6.07, 6.45) is 4.92. The topological polar surface area (TPSA) is 110 Å². The molecule has 9 heteroatoms. The number of carbonyl (C=O) groups excluding carboxylic acids is 1. The lowest BCUT2D eigenvalue weighted by Crippen LogP contribution is -2.24. The number of carboxylic acids is 1. The van der Waals surface area contributed by atoms with E-state index in [4.69, 9.17) is 5.11 Å². The van der Waals surface area contributed by atoms with Crippen molar-refractivity contribution in [1.29, 1.82) is 0 Å². The highest BCUT2D eigenvalue weighted by Crippen LogP contribution is 2.19. The monoisotopic (exact) mass is 323 g/mol. The molecule has 8 nitrogen and oxygen atoms in total. The molecule has 0 saturated heterocycles. The Balaban J connectivity index is 1.72. The number of thiophene rings is 1. The first-order chi connectivity index (χ1) is 10.7. The van der Waals surface area contributed by atoms with Crippen LogP contribution < -0.4 is 5.32 Å². The van der Waals surface area contributed by atoms with E-state index in [1.54, 1.807) is 6.07 Å². The standard InChI is InChI=1S/C13H17N5O3S/c19-11(20)5-3-1-2-4-7-14-13(21)12-10(6-8-22-12)18-9-15-16-17-18/h6,8-9H,1-5,7H2,(H,14,21)(H,19,20). The Labute approximate surface area is 131 Å². The van der Waals surface area contributed by atoms with E-state index in [1.165, 1.54) is 22.3 Å². The molecule has 0 unspecified atom stereocenters. The van der Waals surface area contributed by atoms with Gasteiger partial charge in [-0.05, 0) is 34.7 Å². The van der Waals surface area contributed by atoms with Crippen LogP contribution in [0.2, 0.25) is 0 Å². The number of hydrogen-bond acceptors (Lipinski definition) is 6. The lowest BCUT2D eigenvalue weighted by Gasteiger charge is -2.05. The van der Waals surface area contributed by atoms with Gasteiger partial charge in [-0.2, -0.15) is 4.68 Å². The average molecular weight is 323 g/mol. The highest BCUT2D eigenvalue weighted by atomic mass is 32.1. The molecule has 0 spiro atoms. The van der Waals surface area contributed by atoms with Gasteiger partial charge in [0.25, 0.3) is 5.91 Å². The predicted molar refractivity (Wildman–Crippen MR) is 80.1 cm³/mol. The van der Waals surface area contributed by atoms with Crippen molar-refractivity contribution in [3.63, 3.8) is 0 Å². The molecule has 0 aromatic carbocycles. The number of unbranched alkanes of at least 4 members (excludes halogenated alkanes) is 3. The van der Waals surface area contributed by atoms with E-state index in [0.717, 1.165) is 19.3 Å². The third-order valence-corrected chi connectivity index (χ3v) is 3.95. The maximum Gasteiger partial charge on any atom is 0.303 e. The van der Waals surface area contributed by atoms with E-state index in [-0.39, 0.29) is 12.3 Å². The Morgan fingerprint density at radius 1 is 1.27 bits per heavy atom. The quantitative estimate of drug-likeness (QED) is 0.677. The number of rotatable bonds is 9. The van der Waals surface area contributed by atoms with E-state index >= 15 is 0 Å². The fourth-order valence-corrected chi connectivity index (χ4v) is 2.76. The third kappa shape index (κ3) is 4.62. The maximum atomic E-state index is 12.1. The Bertz CT molecular complexity index is 611. The highest BCUT2D eigenvalue weighted by molar-refractivity contribution is 7.12. The number of aliphatic carboxylic acids is 1. The molecule has 22 heavy (non-hydrogen) atoms. The van der Waals surface area contributed by atoms with Gasteiger partial charge in [-0.15, -0.1) is 16.4 Å². The molecule has 2 rings (SSSR count). The Hall–Kier alpha value is -2.29. The zero-order chi connectivity index (χ0) is 15.8. The Morgan fingerprint density at radius 2 is 2.09 bits per heavy atom. The summed E-state index contributed by atoms with van der Waals surface area (Å²) in [6.45, 7) is 0.568. The van der Waals surface area contributed by atoms with Gasteiger partial charge >= 0.3 is 5.97 Å². The van der Waals surface area contributed by atoms with Crippen molar-refractivity contribution in [3.05, 3.63) is 22.7 Å². The molecule has 2 N–H and O–H groups in total. The third-order valence-electron chi connectivity index (χ3n) is 3.05. The van der Waals surface area contributed by atoms with Crippen molar-refractivity contribution in [2.75, 3.05) is 6.54 Å². The number of tetrazole rings is 1. The van der Waals surface area contributed by atoms with Gasteiger partial charge in [-0.25, -0.2) is 0 Å². The molecule has 2 heterocycles. The van der Waals surface area contributed by atoms with E-state index in [2.05, 4.69) is 20.8 Å². The molecule has 118 valence electrons. The van der Waals surface area contributed by atoms with Crippen molar-refractivity contribution in [2.45, 2.75) is 32.1 Å². The van der Waals surface area contributed by atoms with Gasteiger partial charge in [0.1, 0.15) is 11.2 Å². The molecule has 0 saturated carbocycles. The van der Waals surface area contributed by atoms with Crippen LogP contribution in [-0.4, -0.2) is 43.7 Å². The highest BCUT2D eigenvalue weighted by Gasteiger charge is 2.14. The van der Waals surface area contributed by atoms with Crippen LogP contribution in [0.25, 0.3) is 5.69 Å². The van der Waals surface area contributed by atoms with Gasteiger partial charge in [0.2, 0.25) is 0 Å².